The molecule has 0 saturated heterocycles. The van der Waals surface area contributed by atoms with E-state index >= 15 is 0 Å². The lowest BCUT2D eigenvalue weighted by Crippen LogP contribution is -2.15. The number of carbonyl (C=O) groups excluding carboxylic acids is 1. The van der Waals surface area contributed by atoms with Gasteiger partial charge in [-0.15, -0.1) is 0 Å². The lowest BCUT2D eigenvalue weighted by molar-refractivity contribution is 0.0696. The Hall–Kier alpha value is -2.40. The molecule has 2 rings (SSSR count). The quantitative estimate of drug-likeness (QED) is 0.861. The van der Waals surface area contributed by atoms with Crippen LogP contribution < -0.4 is 5.32 Å². The predicted octanol–water partition coefficient (Wildman–Crippen LogP) is 4.55. The van der Waals surface area contributed by atoms with Crippen molar-refractivity contribution >= 4 is 29.2 Å². The molecule has 0 aromatic heterocycles. The lowest BCUT2D eigenvalue weighted by Gasteiger charge is -2.16. The van der Waals surface area contributed by atoms with Gasteiger partial charge in [0, 0.05) is 11.1 Å². The van der Waals surface area contributed by atoms with Crippen LogP contribution in [0, 0.1) is 5.82 Å². The zero-order chi connectivity index (χ0) is 17.1. The molecule has 0 saturated carbocycles. The summed E-state index contributed by atoms with van der Waals surface area (Å²) in [6.45, 7) is 3.39. The number of aromatic carboxylic acids is 1. The van der Waals surface area contributed by atoms with Crippen LogP contribution in [-0.2, 0) is 0 Å². The standard InChI is InChI=1S/C17H15ClFNO3/c1-9(2)13-14(18)11(17(22)23)8-12(15(13)19)20-16(21)10-6-4-3-5-7-10/h3-9H,1-2H3,(H,20,21)(H,22,23). The molecule has 0 heterocycles. The van der Waals surface area contributed by atoms with Crippen LogP contribution in [-0.4, -0.2) is 17.0 Å². The number of anilines is 1. The van der Waals surface area contributed by atoms with Crippen molar-refractivity contribution in [2.24, 2.45) is 0 Å². The molecule has 120 valence electrons. The molecule has 2 aromatic rings. The number of carboxylic acid groups (broad SMARTS) is 1. The minimum absolute atomic E-state index is 0.0647. The molecular weight excluding hydrogens is 321 g/mol. The third-order valence-electron chi connectivity index (χ3n) is 3.33. The van der Waals surface area contributed by atoms with Gasteiger partial charge in [0.2, 0.25) is 0 Å². The summed E-state index contributed by atoms with van der Waals surface area (Å²) in [5.74, 6) is -2.88. The number of halogens is 2. The average molecular weight is 336 g/mol. The number of benzene rings is 2. The Kier molecular flexibility index (Phi) is 5.01. The Balaban J connectivity index is 2.50. The van der Waals surface area contributed by atoms with Crippen LogP contribution in [0.2, 0.25) is 5.02 Å². The highest BCUT2D eigenvalue weighted by molar-refractivity contribution is 6.34. The number of nitrogens with one attached hydrogen (secondary N) is 1. The van der Waals surface area contributed by atoms with Crippen molar-refractivity contribution in [3.05, 3.63) is 63.9 Å². The highest BCUT2D eigenvalue weighted by Gasteiger charge is 2.23. The Labute approximate surface area is 137 Å². The molecule has 0 spiro atoms. The topological polar surface area (TPSA) is 66.4 Å². The number of hydrogen-bond donors (Lipinski definition) is 2. The molecule has 0 aliphatic carbocycles. The summed E-state index contributed by atoms with van der Waals surface area (Å²) in [6, 6.07) is 9.28. The van der Waals surface area contributed by atoms with Gasteiger partial charge in [-0.3, -0.25) is 4.79 Å². The number of amides is 1. The van der Waals surface area contributed by atoms with Gasteiger partial charge in [0.05, 0.1) is 16.3 Å². The normalized spacial score (nSPS) is 10.7. The first-order valence-corrected chi connectivity index (χ1v) is 7.32. The second-order valence-electron chi connectivity index (χ2n) is 5.29. The van der Waals surface area contributed by atoms with Gasteiger partial charge in [0.1, 0.15) is 0 Å². The zero-order valence-corrected chi connectivity index (χ0v) is 13.3. The highest BCUT2D eigenvalue weighted by atomic mass is 35.5. The molecule has 2 aromatic carbocycles. The van der Waals surface area contributed by atoms with Gasteiger partial charge >= 0.3 is 5.97 Å². The van der Waals surface area contributed by atoms with Crippen molar-refractivity contribution in [2.45, 2.75) is 19.8 Å². The molecule has 23 heavy (non-hydrogen) atoms. The van der Waals surface area contributed by atoms with E-state index in [4.69, 9.17) is 11.6 Å². The van der Waals surface area contributed by atoms with Crippen molar-refractivity contribution in [1.29, 1.82) is 0 Å². The van der Waals surface area contributed by atoms with Crippen LogP contribution in [0.15, 0.2) is 36.4 Å². The van der Waals surface area contributed by atoms with Gasteiger partial charge in [-0.1, -0.05) is 43.6 Å². The van der Waals surface area contributed by atoms with Crippen LogP contribution in [0.1, 0.15) is 46.0 Å². The van der Waals surface area contributed by atoms with Gasteiger partial charge in [0.25, 0.3) is 5.91 Å². The minimum atomic E-state index is -1.29. The second kappa shape index (κ2) is 6.79. The smallest absolute Gasteiger partial charge is 0.337 e. The molecule has 0 bridgehead atoms. The number of carboxylic acids is 1. The van der Waals surface area contributed by atoms with Crippen LogP contribution in [0.25, 0.3) is 0 Å². The fourth-order valence-corrected chi connectivity index (χ4v) is 2.63. The van der Waals surface area contributed by atoms with Crippen molar-refractivity contribution in [3.63, 3.8) is 0 Å². The van der Waals surface area contributed by atoms with Gasteiger partial charge in [0.15, 0.2) is 5.82 Å². The minimum Gasteiger partial charge on any atom is -0.478 e. The molecule has 4 nitrogen and oxygen atoms in total. The van der Waals surface area contributed by atoms with Crippen LogP contribution in [0.3, 0.4) is 0 Å². The molecule has 2 N–H and O–H groups in total. The largest absolute Gasteiger partial charge is 0.478 e. The summed E-state index contributed by atoms with van der Waals surface area (Å²) in [5.41, 5.74) is -0.0516. The third-order valence-corrected chi connectivity index (χ3v) is 3.73. The van der Waals surface area contributed by atoms with Crippen molar-refractivity contribution in [1.82, 2.24) is 0 Å². The van der Waals surface area contributed by atoms with E-state index in [9.17, 15) is 19.1 Å². The molecule has 0 radical (unpaired) electrons. The number of hydrogen-bond acceptors (Lipinski definition) is 2. The van der Waals surface area contributed by atoms with Crippen LogP contribution in [0.4, 0.5) is 10.1 Å². The number of carbonyl (C=O) groups is 2. The van der Waals surface area contributed by atoms with Gasteiger partial charge in [-0.2, -0.15) is 0 Å². The van der Waals surface area contributed by atoms with Crippen molar-refractivity contribution in [2.75, 3.05) is 5.32 Å². The fraction of sp³-hybridized carbons (Fsp3) is 0.176. The molecule has 6 heteroatoms. The first kappa shape index (κ1) is 17.0. The maximum absolute atomic E-state index is 14.6. The monoisotopic (exact) mass is 335 g/mol. The van der Waals surface area contributed by atoms with E-state index in [1.165, 1.54) is 0 Å². The van der Waals surface area contributed by atoms with Crippen molar-refractivity contribution in [3.8, 4) is 0 Å². The van der Waals surface area contributed by atoms with Gasteiger partial charge < -0.3 is 10.4 Å². The summed E-state index contributed by atoms with van der Waals surface area (Å²) in [6.07, 6.45) is 0. The second-order valence-corrected chi connectivity index (χ2v) is 5.67. The maximum atomic E-state index is 14.6. The van der Waals surface area contributed by atoms with E-state index in [1.54, 1.807) is 44.2 Å². The summed E-state index contributed by atoms with van der Waals surface area (Å²) in [4.78, 5) is 23.5. The Morgan fingerprint density at radius 2 is 1.83 bits per heavy atom. The summed E-state index contributed by atoms with van der Waals surface area (Å²) in [7, 11) is 0. The van der Waals surface area contributed by atoms with E-state index in [0.717, 1.165) is 6.07 Å². The van der Waals surface area contributed by atoms with E-state index in [-0.39, 0.29) is 27.8 Å². The average Bonchev–Trinajstić information content (AvgIpc) is 2.50. The van der Waals surface area contributed by atoms with Crippen LogP contribution in [0.5, 0.6) is 0 Å². The van der Waals surface area contributed by atoms with Crippen LogP contribution >= 0.6 is 11.6 Å². The Morgan fingerprint density at radius 3 is 2.35 bits per heavy atom. The predicted molar refractivity (Wildman–Crippen MR) is 86.9 cm³/mol. The molecule has 0 aliphatic heterocycles. The van der Waals surface area contributed by atoms with E-state index in [1.807, 2.05) is 0 Å². The fourth-order valence-electron chi connectivity index (χ4n) is 2.20. The van der Waals surface area contributed by atoms with E-state index in [2.05, 4.69) is 5.32 Å². The highest BCUT2D eigenvalue weighted by Crippen LogP contribution is 2.35. The van der Waals surface area contributed by atoms with E-state index in [0.29, 0.717) is 5.56 Å². The summed E-state index contributed by atoms with van der Waals surface area (Å²) in [5, 5.41) is 11.5. The zero-order valence-electron chi connectivity index (χ0n) is 12.6. The number of rotatable bonds is 4. The van der Waals surface area contributed by atoms with Gasteiger partial charge in [-0.05, 0) is 24.1 Å². The molecular formula is C17H15ClFNO3. The molecule has 0 aliphatic rings. The summed E-state index contributed by atoms with van der Waals surface area (Å²) >= 11 is 6.00. The summed E-state index contributed by atoms with van der Waals surface area (Å²) < 4.78 is 14.6. The Morgan fingerprint density at radius 1 is 1.22 bits per heavy atom. The SMILES string of the molecule is CC(C)c1c(F)c(NC(=O)c2ccccc2)cc(C(=O)O)c1Cl. The molecule has 0 atom stereocenters. The molecule has 0 fully saturated rings. The maximum Gasteiger partial charge on any atom is 0.337 e. The third kappa shape index (κ3) is 3.51. The lowest BCUT2D eigenvalue weighted by atomic mass is 9.98. The van der Waals surface area contributed by atoms with Crippen molar-refractivity contribution < 1.29 is 19.1 Å². The first-order valence-electron chi connectivity index (χ1n) is 6.94. The van der Waals surface area contributed by atoms with Gasteiger partial charge in [-0.25, -0.2) is 9.18 Å². The van der Waals surface area contributed by atoms with E-state index < -0.39 is 17.7 Å². The Bertz CT molecular complexity index is 760. The molecule has 0 unspecified atom stereocenters. The molecule has 1 amide bonds. The first-order chi connectivity index (χ1) is 10.8.